The SMILES string of the molecule is COC[C@H]1C(=O)N(Cc2ccc3c(N)ncnc3c2)CCN1C(=O)COc1ccc(C)cc1. The van der Waals surface area contributed by atoms with Crippen molar-refractivity contribution in [2.45, 2.75) is 19.5 Å². The number of anilines is 1. The molecule has 0 bridgehead atoms. The van der Waals surface area contributed by atoms with Crippen LogP contribution < -0.4 is 10.5 Å². The number of aromatic nitrogens is 2. The molecular formula is C24H27N5O4. The molecule has 2 N–H and O–H groups in total. The molecule has 1 aromatic heterocycles. The summed E-state index contributed by atoms with van der Waals surface area (Å²) >= 11 is 0. The molecule has 33 heavy (non-hydrogen) atoms. The molecule has 2 aromatic carbocycles. The van der Waals surface area contributed by atoms with E-state index in [1.54, 1.807) is 9.80 Å². The summed E-state index contributed by atoms with van der Waals surface area (Å²) in [6.07, 6.45) is 1.42. The summed E-state index contributed by atoms with van der Waals surface area (Å²) < 4.78 is 10.9. The summed E-state index contributed by atoms with van der Waals surface area (Å²) in [5.41, 5.74) is 8.66. The van der Waals surface area contributed by atoms with Crippen molar-refractivity contribution in [1.82, 2.24) is 19.8 Å². The molecule has 2 heterocycles. The van der Waals surface area contributed by atoms with Crippen LogP contribution in [0.1, 0.15) is 11.1 Å². The van der Waals surface area contributed by atoms with E-state index >= 15 is 0 Å². The summed E-state index contributed by atoms with van der Waals surface area (Å²) in [5, 5.41) is 0.772. The van der Waals surface area contributed by atoms with Gasteiger partial charge >= 0.3 is 0 Å². The summed E-state index contributed by atoms with van der Waals surface area (Å²) in [5.74, 6) is 0.628. The lowest BCUT2D eigenvalue weighted by molar-refractivity contribution is -0.155. The van der Waals surface area contributed by atoms with Crippen LogP contribution in [0.4, 0.5) is 5.82 Å². The number of hydrogen-bond donors (Lipinski definition) is 1. The Balaban J connectivity index is 1.43. The highest BCUT2D eigenvalue weighted by Gasteiger charge is 2.37. The minimum Gasteiger partial charge on any atom is -0.484 e. The topological polar surface area (TPSA) is 111 Å². The van der Waals surface area contributed by atoms with Crippen LogP contribution in [0.15, 0.2) is 48.8 Å². The second kappa shape index (κ2) is 9.83. The average molecular weight is 450 g/mol. The first-order chi connectivity index (χ1) is 16.0. The second-order valence-electron chi connectivity index (χ2n) is 8.03. The number of rotatable bonds is 7. The molecular weight excluding hydrogens is 422 g/mol. The van der Waals surface area contributed by atoms with Crippen LogP contribution in [0, 0.1) is 6.92 Å². The molecule has 0 radical (unpaired) electrons. The molecule has 1 aliphatic heterocycles. The molecule has 1 atom stereocenters. The van der Waals surface area contributed by atoms with Crippen molar-refractivity contribution >= 4 is 28.5 Å². The number of hydrogen-bond acceptors (Lipinski definition) is 7. The van der Waals surface area contributed by atoms with Gasteiger partial charge < -0.3 is 25.0 Å². The minimum absolute atomic E-state index is 0.118. The standard InChI is InChI=1S/C24H27N5O4/c1-16-3-6-18(7-4-16)33-14-22(30)29-10-9-28(24(31)21(29)13-32-2)12-17-5-8-19-20(11-17)26-15-27-23(19)25/h3-8,11,15,21H,9-10,12-14H2,1-2H3,(H2,25,26,27)/t21-/m0/s1. The summed E-state index contributed by atoms with van der Waals surface area (Å²) in [4.78, 5) is 37.6. The summed E-state index contributed by atoms with van der Waals surface area (Å²) in [6, 6.07) is 12.5. The van der Waals surface area contributed by atoms with Crippen molar-refractivity contribution < 1.29 is 19.1 Å². The van der Waals surface area contributed by atoms with Crippen molar-refractivity contribution in [2.75, 3.05) is 39.1 Å². The Bertz CT molecular complexity index is 1150. The number of aryl methyl sites for hydroxylation is 1. The van der Waals surface area contributed by atoms with E-state index in [-0.39, 0.29) is 25.0 Å². The van der Waals surface area contributed by atoms with E-state index < -0.39 is 6.04 Å². The number of nitrogens with two attached hydrogens (primary N) is 1. The molecule has 2 amide bonds. The molecule has 1 saturated heterocycles. The molecule has 9 heteroatoms. The number of amides is 2. The largest absolute Gasteiger partial charge is 0.484 e. The Kier molecular flexibility index (Phi) is 6.69. The number of fused-ring (bicyclic) bond motifs is 1. The number of benzene rings is 2. The van der Waals surface area contributed by atoms with Crippen LogP contribution in [-0.2, 0) is 20.9 Å². The van der Waals surface area contributed by atoms with Crippen molar-refractivity contribution in [3.8, 4) is 5.75 Å². The highest BCUT2D eigenvalue weighted by molar-refractivity contribution is 5.90. The normalized spacial score (nSPS) is 16.3. The number of carbonyl (C=O) groups is 2. The lowest BCUT2D eigenvalue weighted by atomic mass is 10.1. The number of nitrogen functional groups attached to an aromatic ring is 1. The van der Waals surface area contributed by atoms with E-state index in [0.717, 1.165) is 22.0 Å². The van der Waals surface area contributed by atoms with E-state index in [1.807, 2.05) is 49.4 Å². The zero-order chi connectivity index (χ0) is 23.4. The van der Waals surface area contributed by atoms with Gasteiger partial charge in [0.15, 0.2) is 6.61 Å². The lowest BCUT2D eigenvalue weighted by Crippen LogP contribution is -2.60. The zero-order valence-electron chi connectivity index (χ0n) is 18.7. The van der Waals surface area contributed by atoms with Crippen LogP contribution in [0.2, 0.25) is 0 Å². The van der Waals surface area contributed by atoms with Crippen LogP contribution in [0.5, 0.6) is 5.75 Å². The van der Waals surface area contributed by atoms with Crippen LogP contribution in [0.25, 0.3) is 10.9 Å². The summed E-state index contributed by atoms with van der Waals surface area (Å²) in [6.45, 7) is 3.19. The van der Waals surface area contributed by atoms with Crippen LogP contribution in [-0.4, -0.2) is 71.0 Å². The molecule has 0 spiro atoms. The second-order valence-corrected chi connectivity index (χ2v) is 8.03. The smallest absolute Gasteiger partial charge is 0.261 e. The molecule has 3 aromatic rings. The third-order valence-electron chi connectivity index (χ3n) is 5.72. The first-order valence-corrected chi connectivity index (χ1v) is 10.7. The zero-order valence-corrected chi connectivity index (χ0v) is 18.7. The first-order valence-electron chi connectivity index (χ1n) is 10.7. The van der Waals surface area contributed by atoms with E-state index in [2.05, 4.69) is 9.97 Å². The van der Waals surface area contributed by atoms with Gasteiger partial charge in [0, 0.05) is 32.1 Å². The predicted molar refractivity (Wildman–Crippen MR) is 123 cm³/mol. The lowest BCUT2D eigenvalue weighted by Gasteiger charge is -2.40. The van der Waals surface area contributed by atoms with E-state index in [1.165, 1.54) is 13.4 Å². The van der Waals surface area contributed by atoms with Crippen molar-refractivity contribution in [3.05, 3.63) is 59.9 Å². The van der Waals surface area contributed by atoms with E-state index in [0.29, 0.717) is 31.2 Å². The number of methoxy groups -OCH3 is 1. The number of nitrogens with zero attached hydrogens (tertiary/aromatic N) is 4. The maximum Gasteiger partial charge on any atom is 0.261 e. The predicted octanol–water partition coefficient (Wildman–Crippen LogP) is 1.79. The summed E-state index contributed by atoms with van der Waals surface area (Å²) in [7, 11) is 1.52. The molecule has 172 valence electrons. The van der Waals surface area contributed by atoms with Gasteiger partial charge in [-0.15, -0.1) is 0 Å². The first kappa shape index (κ1) is 22.5. The van der Waals surface area contributed by atoms with Gasteiger partial charge in [-0.05, 0) is 36.8 Å². The van der Waals surface area contributed by atoms with Crippen molar-refractivity contribution in [3.63, 3.8) is 0 Å². The Labute approximate surface area is 192 Å². The fourth-order valence-electron chi connectivity index (χ4n) is 3.92. The van der Waals surface area contributed by atoms with Gasteiger partial charge in [0.05, 0.1) is 12.1 Å². The Hall–Kier alpha value is -3.72. The quantitative estimate of drug-likeness (QED) is 0.585. The third kappa shape index (κ3) is 5.04. The van der Waals surface area contributed by atoms with Crippen molar-refractivity contribution in [1.29, 1.82) is 0 Å². The molecule has 1 aliphatic rings. The van der Waals surface area contributed by atoms with Gasteiger partial charge in [-0.3, -0.25) is 9.59 Å². The monoisotopic (exact) mass is 449 g/mol. The molecule has 1 fully saturated rings. The fraction of sp³-hybridized carbons (Fsp3) is 0.333. The van der Waals surface area contributed by atoms with Gasteiger partial charge in [-0.2, -0.15) is 0 Å². The van der Waals surface area contributed by atoms with Crippen LogP contribution >= 0.6 is 0 Å². The van der Waals surface area contributed by atoms with E-state index in [4.69, 9.17) is 15.2 Å². The highest BCUT2D eigenvalue weighted by atomic mass is 16.5. The molecule has 4 rings (SSSR count). The van der Waals surface area contributed by atoms with Gasteiger partial charge in [0.2, 0.25) is 5.91 Å². The van der Waals surface area contributed by atoms with E-state index in [9.17, 15) is 9.59 Å². The maximum atomic E-state index is 13.2. The van der Waals surface area contributed by atoms with Crippen molar-refractivity contribution in [2.24, 2.45) is 0 Å². The third-order valence-corrected chi connectivity index (χ3v) is 5.72. The average Bonchev–Trinajstić information content (AvgIpc) is 2.81. The molecule has 0 aliphatic carbocycles. The fourth-order valence-corrected chi connectivity index (χ4v) is 3.92. The van der Waals surface area contributed by atoms with Gasteiger partial charge in [0.1, 0.15) is 23.9 Å². The highest BCUT2D eigenvalue weighted by Crippen LogP contribution is 2.21. The Morgan fingerprint density at radius 1 is 1.15 bits per heavy atom. The number of carbonyl (C=O) groups excluding carboxylic acids is 2. The van der Waals surface area contributed by atoms with Crippen LogP contribution in [0.3, 0.4) is 0 Å². The minimum atomic E-state index is -0.698. The maximum absolute atomic E-state index is 13.2. The van der Waals surface area contributed by atoms with Gasteiger partial charge in [-0.1, -0.05) is 23.8 Å². The van der Waals surface area contributed by atoms with Gasteiger partial charge in [0.25, 0.3) is 5.91 Å². The van der Waals surface area contributed by atoms with Gasteiger partial charge in [-0.25, -0.2) is 9.97 Å². The Morgan fingerprint density at radius 3 is 2.70 bits per heavy atom. The molecule has 9 nitrogen and oxygen atoms in total. The molecule has 0 saturated carbocycles. The number of piperazine rings is 1. The molecule has 0 unspecified atom stereocenters. The number of ether oxygens (including phenoxy) is 2. The Morgan fingerprint density at radius 2 is 1.94 bits per heavy atom.